The van der Waals surface area contributed by atoms with Crippen LogP contribution in [0, 0.1) is 5.92 Å². The van der Waals surface area contributed by atoms with Gasteiger partial charge in [-0.25, -0.2) is 4.68 Å². The Labute approximate surface area is 119 Å². The smallest absolute Gasteiger partial charge is 0.132 e. The number of hydrogen-bond donors (Lipinski definition) is 1. The van der Waals surface area contributed by atoms with Gasteiger partial charge in [0.1, 0.15) is 11.6 Å². The Kier molecular flexibility index (Phi) is 2.83. The molecule has 106 valence electrons. The van der Waals surface area contributed by atoms with E-state index in [0.29, 0.717) is 6.04 Å². The third-order valence-corrected chi connectivity index (χ3v) is 4.89. The number of nitrogens with one attached hydrogen (secondary N) is 1. The maximum Gasteiger partial charge on any atom is 0.132 e. The van der Waals surface area contributed by atoms with E-state index in [-0.39, 0.29) is 0 Å². The van der Waals surface area contributed by atoms with Gasteiger partial charge in [0.05, 0.1) is 18.7 Å². The van der Waals surface area contributed by atoms with E-state index in [0.717, 1.165) is 23.7 Å². The second kappa shape index (κ2) is 4.69. The van der Waals surface area contributed by atoms with E-state index in [9.17, 15) is 0 Å². The largest absolute Gasteiger partial charge is 0.497 e. The molecule has 0 spiro atoms. The number of ether oxygens (including phenoxy) is 1. The minimum atomic E-state index is 0.576. The van der Waals surface area contributed by atoms with Crippen molar-refractivity contribution in [2.24, 2.45) is 5.92 Å². The summed E-state index contributed by atoms with van der Waals surface area (Å²) < 4.78 is 7.60. The third-order valence-electron chi connectivity index (χ3n) is 4.89. The summed E-state index contributed by atoms with van der Waals surface area (Å²) in [6, 6.07) is 6.73. The topological polar surface area (TPSA) is 39.1 Å². The summed E-state index contributed by atoms with van der Waals surface area (Å²) in [5.74, 6) is 2.90. The van der Waals surface area contributed by atoms with Crippen LogP contribution in [-0.4, -0.2) is 23.4 Å². The molecule has 4 nitrogen and oxygen atoms in total. The van der Waals surface area contributed by atoms with E-state index in [4.69, 9.17) is 9.84 Å². The van der Waals surface area contributed by atoms with E-state index in [1.807, 2.05) is 6.07 Å². The molecular weight excluding hydrogens is 250 g/mol. The summed E-state index contributed by atoms with van der Waals surface area (Å²) in [5, 5.41) is 9.58. The first kappa shape index (κ1) is 12.1. The number of fused-ring (bicyclic) bond motifs is 3. The van der Waals surface area contributed by atoms with Crippen LogP contribution < -0.4 is 10.1 Å². The molecule has 2 heterocycles. The van der Waals surface area contributed by atoms with Gasteiger partial charge in [0.2, 0.25) is 0 Å². The average Bonchev–Trinajstić information content (AvgIpc) is 3.13. The van der Waals surface area contributed by atoms with Gasteiger partial charge in [-0.05, 0) is 43.4 Å². The second-order valence-electron chi connectivity index (χ2n) is 6.00. The highest BCUT2D eigenvalue weighted by Gasteiger charge is 2.31. The average molecular weight is 271 g/mol. The Hall–Kier alpha value is -1.71. The van der Waals surface area contributed by atoms with Gasteiger partial charge < -0.3 is 10.1 Å². The number of rotatable bonds is 2. The number of aromatic nitrogens is 2. The molecule has 4 rings (SSSR count). The molecule has 0 radical (unpaired) electrons. The molecular formula is C16H21N3O. The summed E-state index contributed by atoms with van der Waals surface area (Å²) in [5.41, 5.74) is 1.07. The van der Waals surface area contributed by atoms with Crippen molar-refractivity contribution >= 4 is 16.7 Å². The first-order chi connectivity index (χ1) is 9.86. The van der Waals surface area contributed by atoms with Crippen LogP contribution in [0.5, 0.6) is 5.75 Å². The van der Waals surface area contributed by atoms with Crippen LogP contribution in [0.3, 0.4) is 0 Å². The van der Waals surface area contributed by atoms with Crippen LogP contribution in [0.2, 0.25) is 0 Å². The predicted molar refractivity (Wildman–Crippen MR) is 80.4 cm³/mol. The van der Waals surface area contributed by atoms with Crippen molar-refractivity contribution < 1.29 is 4.74 Å². The molecule has 20 heavy (non-hydrogen) atoms. The fourth-order valence-corrected chi connectivity index (χ4v) is 3.86. The number of hydrogen-bond acceptors (Lipinski definition) is 3. The zero-order valence-electron chi connectivity index (χ0n) is 11.9. The lowest BCUT2D eigenvalue weighted by Gasteiger charge is -2.30. The molecule has 1 N–H and O–H groups in total. The highest BCUT2D eigenvalue weighted by Crippen LogP contribution is 2.41. The first-order valence-electron chi connectivity index (χ1n) is 7.67. The normalized spacial score (nSPS) is 22.8. The molecule has 0 bridgehead atoms. The van der Waals surface area contributed by atoms with Crippen LogP contribution in [0.4, 0.5) is 5.82 Å². The third kappa shape index (κ3) is 1.78. The van der Waals surface area contributed by atoms with Crippen LogP contribution in [-0.2, 0) is 0 Å². The van der Waals surface area contributed by atoms with Gasteiger partial charge >= 0.3 is 0 Å². The summed E-state index contributed by atoms with van der Waals surface area (Å²) in [6.07, 6.45) is 6.70. The standard InChI is InChI=1S/C16H21N3O/c1-20-12-6-7-14-13(10-12)16-17-9-8-15(19(16)18-14)11-4-2-3-5-11/h6-7,10-11,15,17H,2-5,8-9H2,1H3. The summed E-state index contributed by atoms with van der Waals surface area (Å²) in [4.78, 5) is 0. The summed E-state index contributed by atoms with van der Waals surface area (Å²) in [6.45, 7) is 1.05. The Morgan fingerprint density at radius 2 is 2.10 bits per heavy atom. The van der Waals surface area contributed by atoms with Gasteiger partial charge in [-0.15, -0.1) is 0 Å². The fraction of sp³-hybridized carbons (Fsp3) is 0.562. The molecule has 1 aliphatic carbocycles. The highest BCUT2D eigenvalue weighted by atomic mass is 16.5. The Morgan fingerprint density at radius 3 is 2.90 bits per heavy atom. The van der Waals surface area contributed by atoms with Gasteiger partial charge in [-0.2, -0.15) is 5.10 Å². The van der Waals surface area contributed by atoms with Crippen LogP contribution in [0.25, 0.3) is 10.9 Å². The fourth-order valence-electron chi connectivity index (χ4n) is 3.86. The maximum atomic E-state index is 5.34. The number of anilines is 1. The van der Waals surface area contributed by atoms with Gasteiger partial charge in [-0.3, -0.25) is 0 Å². The predicted octanol–water partition coefficient (Wildman–Crippen LogP) is 3.59. The second-order valence-corrected chi connectivity index (χ2v) is 6.00. The molecule has 4 heteroatoms. The van der Waals surface area contributed by atoms with E-state index in [1.165, 1.54) is 43.3 Å². The Bertz CT molecular complexity index is 628. The van der Waals surface area contributed by atoms with Crippen molar-refractivity contribution in [3.8, 4) is 5.75 Å². The van der Waals surface area contributed by atoms with E-state index < -0.39 is 0 Å². The summed E-state index contributed by atoms with van der Waals surface area (Å²) in [7, 11) is 1.71. The minimum Gasteiger partial charge on any atom is -0.497 e. The van der Waals surface area contributed by atoms with Crippen molar-refractivity contribution in [2.75, 3.05) is 19.0 Å². The van der Waals surface area contributed by atoms with Crippen molar-refractivity contribution in [1.29, 1.82) is 0 Å². The maximum absolute atomic E-state index is 5.34. The van der Waals surface area contributed by atoms with Crippen molar-refractivity contribution in [3.63, 3.8) is 0 Å². The lowest BCUT2D eigenvalue weighted by atomic mass is 9.94. The van der Waals surface area contributed by atoms with Crippen molar-refractivity contribution in [2.45, 2.75) is 38.1 Å². The van der Waals surface area contributed by atoms with Gasteiger partial charge in [0.15, 0.2) is 0 Å². The molecule has 1 aliphatic heterocycles. The van der Waals surface area contributed by atoms with E-state index >= 15 is 0 Å². The number of methoxy groups -OCH3 is 1. The van der Waals surface area contributed by atoms with Gasteiger partial charge in [0, 0.05) is 11.9 Å². The Balaban J connectivity index is 1.81. The lowest BCUT2D eigenvalue weighted by molar-refractivity contribution is 0.292. The molecule has 1 saturated carbocycles. The van der Waals surface area contributed by atoms with E-state index in [1.54, 1.807) is 7.11 Å². The molecule has 1 aromatic heterocycles. The highest BCUT2D eigenvalue weighted by molar-refractivity contribution is 5.91. The first-order valence-corrected chi connectivity index (χ1v) is 7.67. The van der Waals surface area contributed by atoms with Crippen LogP contribution >= 0.6 is 0 Å². The zero-order valence-corrected chi connectivity index (χ0v) is 11.9. The Morgan fingerprint density at radius 1 is 1.25 bits per heavy atom. The van der Waals surface area contributed by atoms with E-state index in [2.05, 4.69) is 22.1 Å². The minimum absolute atomic E-state index is 0.576. The number of nitrogens with zero attached hydrogens (tertiary/aromatic N) is 2. The molecule has 1 atom stereocenters. The molecule has 0 amide bonds. The summed E-state index contributed by atoms with van der Waals surface area (Å²) >= 11 is 0. The molecule has 1 aromatic carbocycles. The molecule has 2 aromatic rings. The SMILES string of the molecule is COc1ccc2nn3c(c2c1)NCCC3C1CCCC1. The van der Waals surface area contributed by atoms with Crippen LogP contribution in [0.15, 0.2) is 18.2 Å². The molecule has 1 fully saturated rings. The van der Waals surface area contributed by atoms with Crippen LogP contribution in [0.1, 0.15) is 38.1 Å². The van der Waals surface area contributed by atoms with Gasteiger partial charge in [0.25, 0.3) is 0 Å². The zero-order chi connectivity index (χ0) is 13.5. The lowest BCUT2D eigenvalue weighted by Crippen LogP contribution is -2.28. The monoisotopic (exact) mass is 271 g/mol. The van der Waals surface area contributed by atoms with Crippen molar-refractivity contribution in [3.05, 3.63) is 18.2 Å². The molecule has 1 unspecified atom stereocenters. The quantitative estimate of drug-likeness (QED) is 0.907. The number of benzene rings is 1. The van der Waals surface area contributed by atoms with Crippen molar-refractivity contribution in [1.82, 2.24) is 9.78 Å². The molecule has 0 saturated heterocycles. The molecule has 2 aliphatic rings. The van der Waals surface area contributed by atoms with Gasteiger partial charge in [-0.1, -0.05) is 12.8 Å².